The number of amides is 1. The topological polar surface area (TPSA) is 88.3 Å². The van der Waals surface area contributed by atoms with Crippen LogP contribution in [-0.4, -0.2) is 49.7 Å². The van der Waals surface area contributed by atoms with Crippen LogP contribution < -0.4 is 0 Å². The minimum absolute atomic E-state index is 0.163. The van der Waals surface area contributed by atoms with Crippen LogP contribution in [0.5, 0.6) is 0 Å². The van der Waals surface area contributed by atoms with Crippen molar-refractivity contribution in [2.24, 2.45) is 13.0 Å². The van der Waals surface area contributed by atoms with E-state index in [0.717, 1.165) is 16.7 Å². The summed E-state index contributed by atoms with van der Waals surface area (Å²) in [5, 5.41) is 14.3. The molecule has 1 aliphatic rings. The molecule has 116 valence electrons. The summed E-state index contributed by atoms with van der Waals surface area (Å²) in [4.78, 5) is 29.6. The van der Waals surface area contributed by atoms with Crippen LogP contribution in [0.3, 0.4) is 0 Å². The second-order valence-electron chi connectivity index (χ2n) is 5.73. The summed E-state index contributed by atoms with van der Waals surface area (Å²) in [5.41, 5.74) is 2.03. The van der Waals surface area contributed by atoms with Crippen LogP contribution in [-0.2, 0) is 11.8 Å². The van der Waals surface area contributed by atoms with Crippen molar-refractivity contribution >= 4 is 22.9 Å². The molecule has 0 radical (unpaired) electrons. The third-order valence-corrected chi connectivity index (χ3v) is 4.17. The lowest BCUT2D eigenvalue weighted by Gasteiger charge is -2.30. The highest BCUT2D eigenvalue weighted by Gasteiger charge is 2.29. The lowest BCUT2D eigenvalue weighted by molar-refractivity contribution is -0.143. The van der Waals surface area contributed by atoms with Crippen molar-refractivity contribution in [1.29, 1.82) is 0 Å². The molecule has 0 spiro atoms. The highest BCUT2D eigenvalue weighted by atomic mass is 16.4. The highest BCUT2D eigenvalue weighted by molar-refractivity contribution is 5.97. The highest BCUT2D eigenvalue weighted by Crippen LogP contribution is 2.21. The fourth-order valence-electron chi connectivity index (χ4n) is 2.97. The minimum Gasteiger partial charge on any atom is -0.481 e. The molecular weight excluding hydrogens is 284 g/mol. The van der Waals surface area contributed by atoms with Crippen molar-refractivity contribution in [3.63, 3.8) is 0 Å². The molecule has 1 fully saturated rings. The van der Waals surface area contributed by atoms with E-state index in [4.69, 9.17) is 5.11 Å². The fraction of sp³-hybridized carbons (Fsp3) is 0.467. The van der Waals surface area contributed by atoms with Crippen molar-refractivity contribution in [3.8, 4) is 0 Å². The van der Waals surface area contributed by atoms with E-state index >= 15 is 0 Å². The van der Waals surface area contributed by atoms with E-state index < -0.39 is 11.9 Å². The third-order valence-electron chi connectivity index (χ3n) is 4.17. The number of pyridine rings is 1. The lowest BCUT2D eigenvalue weighted by Crippen LogP contribution is -2.42. The van der Waals surface area contributed by atoms with Crippen LogP contribution in [0.1, 0.15) is 28.9 Å². The average Bonchev–Trinajstić information content (AvgIpc) is 2.81. The van der Waals surface area contributed by atoms with E-state index in [9.17, 15) is 9.59 Å². The molecule has 7 nitrogen and oxygen atoms in total. The Balaban J connectivity index is 1.88. The number of carboxylic acid groups (broad SMARTS) is 1. The van der Waals surface area contributed by atoms with Crippen LogP contribution >= 0.6 is 0 Å². The van der Waals surface area contributed by atoms with Crippen molar-refractivity contribution in [3.05, 3.63) is 23.5 Å². The van der Waals surface area contributed by atoms with Crippen LogP contribution in [0, 0.1) is 12.8 Å². The number of carbonyl (C=O) groups is 2. The first-order chi connectivity index (χ1) is 10.5. The molecule has 1 aliphatic heterocycles. The van der Waals surface area contributed by atoms with Gasteiger partial charge in [-0.3, -0.25) is 14.3 Å². The monoisotopic (exact) mass is 302 g/mol. The Morgan fingerprint density at radius 3 is 2.91 bits per heavy atom. The van der Waals surface area contributed by atoms with Gasteiger partial charge in [0.1, 0.15) is 0 Å². The molecule has 0 aliphatic carbocycles. The smallest absolute Gasteiger partial charge is 0.308 e. The first-order valence-electron chi connectivity index (χ1n) is 7.29. The number of piperidine rings is 1. The Morgan fingerprint density at radius 1 is 1.41 bits per heavy atom. The zero-order chi connectivity index (χ0) is 15.9. The quantitative estimate of drug-likeness (QED) is 0.901. The number of carboxylic acids is 1. The molecule has 3 rings (SSSR count). The largest absolute Gasteiger partial charge is 0.481 e. The van der Waals surface area contributed by atoms with Crippen LogP contribution in [0.15, 0.2) is 12.3 Å². The molecule has 0 aromatic carbocycles. The van der Waals surface area contributed by atoms with E-state index in [1.807, 2.05) is 14.0 Å². The second kappa shape index (κ2) is 5.40. The number of fused-ring (bicyclic) bond motifs is 1. The summed E-state index contributed by atoms with van der Waals surface area (Å²) in [7, 11) is 1.81. The van der Waals surface area contributed by atoms with Gasteiger partial charge in [-0.1, -0.05) is 0 Å². The van der Waals surface area contributed by atoms with Gasteiger partial charge in [-0.15, -0.1) is 0 Å². The Bertz CT molecular complexity index is 753. The van der Waals surface area contributed by atoms with Gasteiger partial charge in [-0.25, -0.2) is 4.98 Å². The van der Waals surface area contributed by atoms with Crippen molar-refractivity contribution in [2.75, 3.05) is 13.1 Å². The fourth-order valence-corrected chi connectivity index (χ4v) is 2.97. The maximum Gasteiger partial charge on any atom is 0.308 e. The van der Waals surface area contributed by atoms with Crippen molar-refractivity contribution < 1.29 is 14.7 Å². The standard InChI is InChI=1S/C15H18N4O3/c1-9-12-6-11(7-16-13(12)18(2)17-9)14(20)19-5-3-4-10(8-19)15(21)22/h6-7,10H,3-5,8H2,1-2H3,(H,21,22). The zero-order valence-electron chi connectivity index (χ0n) is 12.6. The Labute approximate surface area is 127 Å². The van der Waals surface area contributed by atoms with Crippen molar-refractivity contribution in [1.82, 2.24) is 19.7 Å². The summed E-state index contributed by atoms with van der Waals surface area (Å²) >= 11 is 0. The van der Waals surface area contributed by atoms with E-state index in [1.165, 1.54) is 6.20 Å². The summed E-state index contributed by atoms with van der Waals surface area (Å²) in [6.07, 6.45) is 2.87. The van der Waals surface area contributed by atoms with Gasteiger partial charge in [0.15, 0.2) is 5.65 Å². The first-order valence-corrected chi connectivity index (χ1v) is 7.29. The van der Waals surface area contributed by atoms with Gasteiger partial charge in [-0.2, -0.15) is 5.10 Å². The number of aliphatic carboxylic acids is 1. The molecule has 0 bridgehead atoms. The Morgan fingerprint density at radius 2 is 2.18 bits per heavy atom. The predicted molar refractivity (Wildman–Crippen MR) is 79.5 cm³/mol. The number of carbonyl (C=O) groups excluding carboxylic acids is 1. The maximum atomic E-state index is 12.6. The average molecular weight is 302 g/mol. The number of likely N-dealkylation sites (tertiary alicyclic amines) is 1. The summed E-state index contributed by atoms with van der Waals surface area (Å²) in [6, 6.07) is 1.79. The Kier molecular flexibility index (Phi) is 3.56. The molecule has 1 saturated heterocycles. The van der Waals surface area contributed by atoms with Gasteiger partial charge >= 0.3 is 5.97 Å². The summed E-state index contributed by atoms with van der Waals surface area (Å²) in [6.45, 7) is 2.73. The molecule has 22 heavy (non-hydrogen) atoms. The van der Waals surface area contributed by atoms with E-state index in [-0.39, 0.29) is 12.5 Å². The molecular formula is C15H18N4O3. The number of rotatable bonds is 2. The molecule has 0 saturated carbocycles. The van der Waals surface area contributed by atoms with Crippen LogP contribution in [0.25, 0.3) is 11.0 Å². The molecule has 1 amide bonds. The van der Waals surface area contributed by atoms with Crippen molar-refractivity contribution in [2.45, 2.75) is 19.8 Å². The number of aromatic nitrogens is 3. The summed E-state index contributed by atoms with van der Waals surface area (Å²) in [5.74, 6) is -1.48. The number of aryl methyl sites for hydroxylation is 2. The molecule has 2 aromatic rings. The second-order valence-corrected chi connectivity index (χ2v) is 5.73. The van der Waals surface area contributed by atoms with Crippen LogP contribution in [0.4, 0.5) is 0 Å². The molecule has 7 heteroatoms. The predicted octanol–water partition coefficient (Wildman–Crippen LogP) is 1.21. The number of nitrogens with zero attached hydrogens (tertiary/aromatic N) is 4. The first kappa shape index (κ1) is 14.5. The van der Waals surface area contributed by atoms with E-state index in [1.54, 1.807) is 15.6 Å². The van der Waals surface area contributed by atoms with Gasteiger partial charge < -0.3 is 10.0 Å². The molecule has 2 aromatic heterocycles. The van der Waals surface area contributed by atoms with Gasteiger partial charge in [0, 0.05) is 31.7 Å². The molecule has 3 heterocycles. The van der Waals surface area contributed by atoms with Gasteiger partial charge in [0.2, 0.25) is 0 Å². The number of hydrogen-bond donors (Lipinski definition) is 1. The maximum absolute atomic E-state index is 12.6. The van der Waals surface area contributed by atoms with Crippen LogP contribution in [0.2, 0.25) is 0 Å². The van der Waals surface area contributed by atoms with E-state index in [2.05, 4.69) is 10.1 Å². The van der Waals surface area contributed by atoms with E-state index in [0.29, 0.717) is 24.9 Å². The van der Waals surface area contributed by atoms with Gasteiger partial charge in [-0.05, 0) is 25.8 Å². The lowest BCUT2D eigenvalue weighted by atomic mass is 9.98. The normalized spacial score (nSPS) is 18.6. The van der Waals surface area contributed by atoms with Gasteiger partial charge in [0.05, 0.1) is 17.2 Å². The zero-order valence-corrected chi connectivity index (χ0v) is 12.6. The SMILES string of the molecule is Cc1nn(C)c2ncc(C(=O)N3CCCC(C(=O)O)C3)cc12. The van der Waals surface area contributed by atoms with Gasteiger partial charge in [0.25, 0.3) is 5.91 Å². The molecule has 1 atom stereocenters. The summed E-state index contributed by atoms with van der Waals surface area (Å²) < 4.78 is 1.68. The minimum atomic E-state index is -0.839. The third kappa shape index (κ3) is 2.43. The Hall–Kier alpha value is -2.44. The number of hydrogen-bond acceptors (Lipinski definition) is 4. The molecule has 1 N–H and O–H groups in total. The molecule has 1 unspecified atom stereocenters.